The van der Waals surface area contributed by atoms with Gasteiger partial charge in [-0.15, -0.1) is 0 Å². The molecule has 3 amide bonds. The number of hydrogen-bond acceptors (Lipinski definition) is 7. The average molecular weight is 523 g/mol. The molecule has 37 heavy (non-hydrogen) atoms. The van der Waals surface area contributed by atoms with Gasteiger partial charge >= 0.3 is 11.9 Å². The number of phenols is 1. The first-order chi connectivity index (χ1) is 17.2. The van der Waals surface area contributed by atoms with Crippen LogP contribution >= 0.6 is 0 Å². The van der Waals surface area contributed by atoms with Crippen molar-refractivity contribution in [3.63, 3.8) is 0 Å². The van der Waals surface area contributed by atoms with Crippen LogP contribution in [0.3, 0.4) is 0 Å². The quantitative estimate of drug-likeness (QED) is 0.169. The smallest absolute Gasteiger partial charge is 0.326 e. The lowest BCUT2D eigenvalue weighted by atomic mass is 10.0. The van der Waals surface area contributed by atoms with E-state index in [-0.39, 0.29) is 30.4 Å². The highest BCUT2D eigenvalue weighted by atomic mass is 16.4. The maximum atomic E-state index is 13.0. The van der Waals surface area contributed by atoms with E-state index < -0.39 is 60.2 Å². The summed E-state index contributed by atoms with van der Waals surface area (Å²) in [4.78, 5) is 61.5. The predicted octanol–water partition coefficient (Wildman–Crippen LogP) is 0.368. The number of rotatable bonds is 15. The molecular weight excluding hydrogens is 484 g/mol. The molecule has 0 saturated heterocycles. The molecule has 0 fully saturated rings. The number of nitrogens with two attached hydrogens (primary N) is 1. The van der Waals surface area contributed by atoms with Crippen molar-refractivity contribution in [2.45, 2.75) is 77.5 Å². The number of aliphatic carboxylic acids is 2. The van der Waals surface area contributed by atoms with E-state index in [1.54, 1.807) is 13.8 Å². The van der Waals surface area contributed by atoms with E-state index >= 15 is 0 Å². The van der Waals surface area contributed by atoms with Gasteiger partial charge in [0.25, 0.3) is 0 Å². The normalized spacial score (nSPS) is 14.4. The molecule has 0 aliphatic carbocycles. The summed E-state index contributed by atoms with van der Waals surface area (Å²) in [6, 6.07) is 0.873. The van der Waals surface area contributed by atoms with Crippen molar-refractivity contribution in [1.82, 2.24) is 16.0 Å². The van der Waals surface area contributed by atoms with E-state index in [1.165, 1.54) is 24.3 Å². The number of hydrogen-bond donors (Lipinski definition) is 7. The molecule has 12 heteroatoms. The molecule has 1 rings (SSSR count). The molecule has 12 nitrogen and oxygen atoms in total. The second-order valence-electron chi connectivity index (χ2n) is 9.86. The monoisotopic (exact) mass is 522 g/mol. The fraction of sp³-hybridized carbons (Fsp3) is 0.560. The largest absolute Gasteiger partial charge is 0.508 e. The molecule has 0 heterocycles. The van der Waals surface area contributed by atoms with Crippen LogP contribution in [0.4, 0.5) is 0 Å². The number of nitrogens with one attached hydrogen (secondary N) is 3. The van der Waals surface area contributed by atoms with Gasteiger partial charge in [0.1, 0.15) is 23.9 Å². The number of amides is 3. The Bertz CT molecular complexity index is 949. The summed E-state index contributed by atoms with van der Waals surface area (Å²) in [7, 11) is 0. The zero-order valence-corrected chi connectivity index (χ0v) is 21.6. The third-order valence-corrected chi connectivity index (χ3v) is 5.40. The van der Waals surface area contributed by atoms with Crippen LogP contribution in [-0.4, -0.2) is 69.1 Å². The van der Waals surface area contributed by atoms with Gasteiger partial charge in [-0.3, -0.25) is 19.2 Å². The van der Waals surface area contributed by atoms with Gasteiger partial charge in [0.2, 0.25) is 17.7 Å². The lowest BCUT2D eigenvalue weighted by molar-refractivity contribution is -0.143. The minimum atomic E-state index is -1.49. The topological polar surface area (TPSA) is 208 Å². The molecule has 0 aliphatic rings. The third kappa shape index (κ3) is 11.7. The van der Waals surface area contributed by atoms with Crippen molar-refractivity contribution in [1.29, 1.82) is 0 Å². The van der Waals surface area contributed by atoms with Gasteiger partial charge in [0, 0.05) is 6.42 Å². The highest BCUT2D eigenvalue weighted by Gasteiger charge is 2.32. The molecule has 4 atom stereocenters. The number of carboxylic acids is 2. The van der Waals surface area contributed by atoms with Crippen LogP contribution in [0.1, 0.15) is 52.5 Å². The molecule has 4 unspecified atom stereocenters. The number of carbonyl (C=O) groups excluding carboxylic acids is 3. The Morgan fingerprint density at radius 2 is 1.24 bits per heavy atom. The van der Waals surface area contributed by atoms with Crippen molar-refractivity contribution in [2.75, 3.05) is 0 Å². The van der Waals surface area contributed by atoms with Crippen LogP contribution < -0.4 is 21.7 Å². The fourth-order valence-electron chi connectivity index (χ4n) is 3.59. The Labute approximate surface area is 216 Å². The molecule has 0 spiro atoms. The fourth-order valence-corrected chi connectivity index (χ4v) is 3.59. The summed E-state index contributed by atoms with van der Waals surface area (Å²) in [5, 5.41) is 35.5. The molecule has 0 radical (unpaired) electrons. The minimum Gasteiger partial charge on any atom is -0.508 e. The molecule has 0 saturated carbocycles. The molecule has 1 aromatic carbocycles. The molecule has 206 valence electrons. The van der Waals surface area contributed by atoms with Gasteiger partial charge < -0.3 is 37.0 Å². The van der Waals surface area contributed by atoms with Crippen LogP contribution in [0, 0.1) is 11.8 Å². The Morgan fingerprint density at radius 1 is 0.757 bits per heavy atom. The standard InChI is InChI=1S/C25H38N4O8/c1-13(2)9-17(26)22(33)27-19(12-21(31)32)24(35)28-18(10-14(3)4)23(34)29-20(25(36)37)11-15-5-7-16(30)8-6-15/h5-8,13-14,17-20,30H,9-12,26H2,1-4H3,(H,27,33)(H,28,35)(H,29,34)(H,31,32)(H,36,37). The zero-order valence-electron chi connectivity index (χ0n) is 21.6. The van der Waals surface area contributed by atoms with Gasteiger partial charge in [0.05, 0.1) is 12.5 Å². The van der Waals surface area contributed by atoms with Crippen molar-refractivity contribution in [2.24, 2.45) is 17.6 Å². The maximum Gasteiger partial charge on any atom is 0.326 e. The number of carbonyl (C=O) groups is 5. The summed E-state index contributed by atoms with van der Waals surface area (Å²) in [6.07, 6.45) is -0.358. The second-order valence-corrected chi connectivity index (χ2v) is 9.86. The zero-order chi connectivity index (χ0) is 28.3. The molecule has 1 aromatic rings. The Morgan fingerprint density at radius 3 is 1.73 bits per heavy atom. The van der Waals surface area contributed by atoms with Crippen LogP contribution in [0.25, 0.3) is 0 Å². The van der Waals surface area contributed by atoms with E-state index in [2.05, 4.69) is 16.0 Å². The van der Waals surface area contributed by atoms with Gasteiger partial charge in [-0.25, -0.2) is 4.79 Å². The maximum absolute atomic E-state index is 13.0. The average Bonchev–Trinajstić information content (AvgIpc) is 2.77. The van der Waals surface area contributed by atoms with Crippen molar-refractivity contribution < 1.29 is 39.3 Å². The van der Waals surface area contributed by atoms with Crippen LogP contribution in [0.15, 0.2) is 24.3 Å². The lowest BCUT2D eigenvalue weighted by Gasteiger charge is -2.26. The molecule has 0 aliphatic heterocycles. The Balaban J connectivity index is 3.02. The number of aromatic hydroxyl groups is 1. The summed E-state index contributed by atoms with van der Waals surface area (Å²) >= 11 is 0. The second kappa shape index (κ2) is 14.8. The minimum absolute atomic E-state index is 0.00698. The van der Waals surface area contributed by atoms with Crippen molar-refractivity contribution in [3.8, 4) is 5.75 Å². The summed E-state index contributed by atoms with van der Waals surface area (Å²) in [5.41, 5.74) is 6.40. The number of phenolic OH excluding ortho intramolecular Hbond substituents is 1. The van der Waals surface area contributed by atoms with E-state index in [1.807, 2.05) is 13.8 Å². The SMILES string of the molecule is CC(C)CC(N)C(=O)NC(CC(=O)O)C(=O)NC(CC(C)C)C(=O)NC(Cc1ccc(O)cc1)C(=O)O. The van der Waals surface area contributed by atoms with Gasteiger partial charge in [-0.2, -0.15) is 0 Å². The van der Waals surface area contributed by atoms with E-state index in [4.69, 9.17) is 5.73 Å². The van der Waals surface area contributed by atoms with Gasteiger partial charge in [0.15, 0.2) is 0 Å². The Hall–Kier alpha value is -3.67. The summed E-state index contributed by atoms with van der Waals surface area (Å²) in [6.45, 7) is 7.30. The van der Waals surface area contributed by atoms with Crippen molar-refractivity contribution >= 4 is 29.7 Å². The van der Waals surface area contributed by atoms with E-state index in [9.17, 15) is 39.3 Å². The first kappa shape index (κ1) is 31.4. The van der Waals surface area contributed by atoms with Crippen LogP contribution in [-0.2, 0) is 30.4 Å². The molecule has 8 N–H and O–H groups in total. The van der Waals surface area contributed by atoms with Gasteiger partial charge in [-0.1, -0.05) is 39.8 Å². The molecule has 0 bridgehead atoms. The van der Waals surface area contributed by atoms with E-state index in [0.717, 1.165) is 0 Å². The third-order valence-electron chi connectivity index (χ3n) is 5.40. The predicted molar refractivity (Wildman–Crippen MR) is 134 cm³/mol. The lowest BCUT2D eigenvalue weighted by Crippen LogP contribution is -2.58. The number of benzene rings is 1. The van der Waals surface area contributed by atoms with Crippen molar-refractivity contribution in [3.05, 3.63) is 29.8 Å². The summed E-state index contributed by atoms with van der Waals surface area (Å²) < 4.78 is 0. The highest BCUT2D eigenvalue weighted by Crippen LogP contribution is 2.13. The molecule has 0 aromatic heterocycles. The molecular formula is C25H38N4O8. The number of carboxylic acid groups (broad SMARTS) is 2. The van der Waals surface area contributed by atoms with Crippen LogP contribution in [0.2, 0.25) is 0 Å². The van der Waals surface area contributed by atoms with Gasteiger partial charge in [-0.05, 0) is 42.4 Å². The first-order valence-corrected chi connectivity index (χ1v) is 12.1. The summed E-state index contributed by atoms with van der Waals surface area (Å²) in [5.74, 6) is -5.01. The Kier molecular flexibility index (Phi) is 12.5. The van der Waals surface area contributed by atoms with E-state index in [0.29, 0.717) is 12.0 Å². The van der Waals surface area contributed by atoms with Crippen LogP contribution in [0.5, 0.6) is 5.75 Å². The first-order valence-electron chi connectivity index (χ1n) is 12.1. The highest BCUT2D eigenvalue weighted by molar-refractivity contribution is 5.95.